The highest BCUT2D eigenvalue weighted by Gasteiger charge is 2.39. The third-order valence-corrected chi connectivity index (χ3v) is 6.49. The lowest BCUT2D eigenvalue weighted by atomic mass is 9.81. The fourth-order valence-electron chi connectivity index (χ4n) is 4.12. The quantitative estimate of drug-likeness (QED) is 0.240. The van der Waals surface area contributed by atoms with E-state index in [1.165, 1.54) is 27.2 Å². The molecule has 1 aromatic rings. The van der Waals surface area contributed by atoms with Crippen molar-refractivity contribution in [3.8, 4) is 5.88 Å². The Balaban J connectivity index is 2.48. The molecule has 1 aromatic heterocycles. The molecule has 1 N–H and O–H groups in total. The Morgan fingerprint density at radius 1 is 0.833 bits per heavy atom. The van der Waals surface area contributed by atoms with Crippen LogP contribution in [0.25, 0.3) is 0 Å². The second kappa shape index (κ2) is 10.7. The number of carbonyl (C=O) groups is 3. The van der Waals surface area contributed by atoms with Crippen molar-refractivity contribution in [2.45, 2.75) is 72.3 Å². The predicted octanol–water partition coefficient (Wildman–Crippen LogP) is 2.67. The molecule has 0 aliphatic carbocycles. The molecule has 0 saturated carbocycles. The first-order chi connectivity index (χ1) is 16.6. The van der Waals surface area contributed by atoms with Crippen molar-refractivity contribution in [1.29, 1.82) is 0 Å². The third kappa shape index (κ3) is 5.68. The summed E-state index contributed by atoms with van der Waals surface area (Å²) in [5.41, 5.74) is -2.98. The molecule has 2 rings (SSSR count). The van der Waals surface area contributed by atoms with E-state index in [-0.39, 0.29) is 17.7 Å². The van der Waals surface area contributed by atoms with E-state index in [2.05, 4.69) is 6.92 Å². The summed E-state index contributed by atoms with van der Waals surface area (Å²) in [6, 6.07) is -0.701. The summed E-state index contributed by atoms with van der Waals surface area (Å²) in [6.45, 7) is 9.37. The van der Waals surface area contributed by atoms with E-state index in [9.17, 15) is 29.1 Å². The van der Waals surface area contributed by atoms with Crippen molar-refractivity contribution in [1.82, 2.24) is 18.9 Å². The van der Waals surface area contributed by atoms with Crippen molar-refractivity contribution in [2.24, 2.45) is 12.5 Å². The highest BCUT2D eigenvalue weighted by Crippen LogP contribution is 2.32. The van der Waals surface area contributed by atoms with Crippen molar-refractivity contribution in [2.75, 3.05) is 14.1 Å². The fourth-order valence-corrected chi connectivity index (χ4v) is 4.12. The number of carbonyl (C=O) groups excluding carboxylic acids is 3. The maximum atomic E-state index is 13.3. The lowest BCUT2D eigenvalue weighted by Gasteiger charge is -2.30. The molecule has 1 saturated heterocycles. The molecule has 0 unspecified atom stereocenters. The maximum Gasteiger partial charge on any atom is 0.333 e. The number of nitrogens with zero attached hydrogens (tertiary/aromatic N) is 4. The number of hydrogen-bond acceptors (Lipinski definition) is 6. The van der Waals surface area contributed by atoms with E-state index >= 15 is 0 Å². The normalized spacial score (nSPS) is 15.4. The first kappa shape index (κ1) is 28.8. The molecule has 0 aromatic carbocycles. The number of aromatic hydroxyl groups is 1. The van der Waals surface area contributed by atoms with Gasteiger partial charge in [0, 0.05) is 38.5 Å². The molecule has 10 nitrogen and oxygen atoms in total. The van der Waals surface area contributed by atoms with Gasteiger partial charge in [-0.25, -0.2) is 9.59 Å². The first-order valence-electron chi connectivity index (χ1n) is 12.1. The van der Waals surface area contributed by atoms with Crippen LogP contribution >= 0.6 is 0 Å². The van der Waals surface area contributed by atoms with Crippen LogP contribution in [0, 0.1) is 5.41 Å². The number of rotatable bonds is 9. The number of imide groups is 2. The number of barbiturate groups is 1. The largest absolute Gasteiger partial charge is 0.494 e. The van der Waals surface area contributed by atoms with Crippen LogP contribution in [0.5, 0.6) is 5.88 Å². The summed E-state index contributed by atoms with van der Waals surface area (Å²) in [5.74, 6) is -1.78. The van der Waals surface area contributed by atoms with Crippen LogP contribution < -0.4 is 11.2 Å². The highest BCUT2D eigenvalue weighted by molar-refractivity contribution is 6.28. The summed E-state index contributed by atoms with van der Waals surface area (Å²) in [7, 11) is 4.04. The molecule has 198 valence electrons. The van der Waals surface area contributed by atoms with Gasteiger partial charge in [0.15, 0.2) is 0 Å². The second-order valence-electron chi connectivity index (χ2n) is 10.5. The van der Waals surface area contributed by atoms with Gasteiger partial charge in [-0.1, -0.05) is 72.1 Å². The smallest absolute Gasteiger partial charge is 0.333 e. The van der Waals surface area contributed by atoms with E-state index in [1.807, 2.05) is 0 Å². The molecular formula is C26H38N4O6. The van der Waals surface area contributed by atoms with Crippen LogP contribution in [0.2, 0.25) is 0 Å². The molecule has 0 spiro atoms. The number of urea groups is 1. The van der Waals surface area contributed by atoms with Crippen molar-refractivity contribution < 1.29 is 19.5 Å². The van der Waals surface area contributed by atoms with E-state index in [0.29, 0.717) is 6.42 Å². The summed E-state index contributed by atoms with van der Waals surface area (Å²) in [5, 5.41) is 10.7. The molecule has 0 atom stereocenters. The lowest BCUT2D eigenvalue weighted by Crippen LogP contribution is -2.53. The minimum absolute atomic E-state index is 0.0784. The van der Waals surface area contributed by atoms with Crippen LogP contribution in [0.4, 0.5) is 4.79 Å². The molecular weight excluding hydrogens is 464 g/mol. The molecule has 0 bridgehead atoms. The monoisotopic (exact) mass is 502 g/mol. The van der Waals surface area contributed by atoms with E-state index in [1.54, 1.807) is 39.8 Å². The van der Waals surface area contributed by atoms with Gasteiger partial charge >= 0.3 is 11.7 Å². The second-order valence-corrected chi connectivity index (χ2v) is 10.5. The number of likely N-dealkylation sites (N-methyl/N-ethyl adjacent to an activating group) is 2. The predicted molar refractivity (Wildman–Crippen MR) is 137 cm³/mol. The maximum absolute atomic E-state index is 13.3. The average molecular weight is 503 g/mol. The SMILES string of the molecule is CCCCCCn1c(=O)c(C(C)(C)C=CC(C)(C)C=C2C(=O)N(C)C(=O)N(C)C2=O)c(O)n(C)c1=O. The number of amides is 4. The third-order valence-electron chi connectivity index (χ3n) is 6.49. The first-order valence-corrected chi connectivity index (χ1v) is 12.1. The van der Waals surface area contributed by atoms with E-state index in [4.69, 9.17) is 0 Å². The number of unbranched alkanes of at least 4 members (excludes halogenated alkanes) is 3. The zero-order valence-electron chi connectivity index (χ0n) is 22.5. The van der Waals surface area contributed by atoms with Gasteiger partial charge in [0.05, 0.1) is 5.56 Å². The van der Waals surface area contributed by atoms with E-state index < -0.39 is 45.8 Å². The Morgan fingerprint density at radius 3 is 1.92 bits per heavy atom. The molecule has 1 aliphatic rings. The Labute approximate surface area is 211 Å². The van der Waals surface area contributed by atoms with Crippen molar-refractivity contribution in [3.63, 3.8) is 0 Å². The van der Waals surface area contributed by atoms with Crippen molar-refractivity contribution in [3.05, 3.63) is 50.2 Å². The number of hydrogen-bond donors (Lipinski definition) is 1. The van der Waals surface area contributed by atoms with Gasteiger partial charge in [-0.05, 0) is 6.42 Å². The average Bonchev–Trinajstić information content (AvgIpc) is 2.81. The standard InChI is InChI=1S/C26H38N4O6/c1-9-10-11-12-15-30-22(34)18(21(33)29(8)24(30)36)26(4,5)14-13-25(2,3)16-17-19(31)27(6)23(35)28(7)20(17)32/h13-14,16,33H,9-12,15H2,1-8H3. The van der Waals surface area contributed by atoms with Crippen LogP contribution in [0.15, 0.2) is 33.4 Å². The minimum atomic E-state index is -0.988. The number of allylic oxidation sites excluding steroid dienone is 3. The number of aromatic nitrogens is 2. The Kier molecular flexibility index (Phi) is 8.54. The summed E-state index contributed by atoms with van der Waals surface area (Å²) in [6.07, 6.45) is 8.52. The van der Waals surface area contributed by atoms with Crippen LogP contribution in [-0.2, 0) is 28.6 Å². The Morgan fingerprint density at radius 2 is 1.39 bits per heavy atom. The van der Waals surface area contributed by atoms with Gasteiger partial charge in [-0.3, -0.25) is 33.3 Å². The summed E-state index contributed by atoms with van der Waals surface area (Å²) < 4.78 is 2.23. The molecule has 0 radical (unpaired) electrons. The van der Waals surface area contributed by atoms with Crippen LogP contribution in [-0.4, -0.2) is 56.0 Å². The van der Waals surface area contributed by atoms with Gasteiger partial charge < -0.3 is 5.11 Å². The topological polar surface area (TPSA) is 122 Å². The van der Waals surface area contributed by atoms with E-state index in [0.717, 1.165) is 38.2 Å². The molecule has 1 aliphatic heterocycles. The zero-order chi connectivity index (χ0) is 27.6. The van der Waals surface area contributed by atoms with Gasteiger partial charge in [-0.2, -0.15) is 0 Å². The lowest BCUT2D eigenvalue weighted by molar-refractivity contribution is -0.134. The summed E-state index contributed by atoms with van der Waals surface area (Å²) >= 11 is 0. The Hall–Kier alpha value is -3.43. The molecule has 1 fully saturated rings. The van der Waals surface area contributed by atoms with Crippen molar-refractivity contribution >= 4 is 17.8 Å². The van der Waals surface area contributed by atoms with Gasteiger partial charge in [0.2, 0.25) is 5.88 Å². The highest BCUT2D eigenvalue weighted by atomic mass is 16.3. The minimum Gasteiger partial charge on any atom is -0.494 e. The molecule has 36 heavy (non-hydrogen) atoms. The van der Waals surface area contributed by atoms with Crippen LogP contribution in [0.1, 0.15) is 65.9 Å². The Bertz CT molecular complexity index is 1210. The van der Waals surface area contributed by atoms with Gasteiger partial charge in [-0.15, -0.1) is 0 Å². The van der Waals surface area contributed by atoms with Crippen LogP contribution in [0.3, 0.4) is 0 Å². The zero-order valence-corrected chi connectivity index (χ0v) is 22.5. The van der Waals surface area contributed by atoms with Gasteiger partial charge in [0.25, 0.3) is 17.4 Å². The fraction of sp³-hybridized carbons (Fsp3) is 0.577. The molecule has 10 heteroatoms. The molecule has 4 amide bonds. The summed E-state index contributed by atoms with van der Waals surface area (Å²) in [4.78, 5) is 64.9. The van der Waals surface area contributed by atoms with Gasteiger partial charge in [0.1, 0.15) is 5.57 Å². The molecule has 2 heterocycles.